The van der Waals surface area contributed by atoms with E-state index in [-0.39, 0.29) is 22.3 Å². The van der Waals surface area contributed by atoms with Crippen LogP contribution in [0.4, 0.5) is 0 Å². The van der Waals surface area contributed by atoms with Gasteiger partial charge in [-0.3, -0.25) is 14.4 Å². The summed E-state index contributed by atoms with van der Waals surface area (Å²) in [6.45, 7) is 10.7. The highest BCUT2D eigenvalue weighted by Gasteiger charge is 2.46. The fraction of sp³-hybridized carbons (Fsp3) is 0.480. The average Bonchev–Trinajstić information content (AvgIpc) is 2.75. The Labute approximate surface area is 192 Å². The van der Waals surface area contributed by atoms with Crippen LogP contribution in [0.25, 0.3) is 0 Å². The van der Waals surface area contributed by atoms with Crippen LogP contribution >= 0.6 is 0 Å². The van der Waals surface area contributed by atoms with E-state index in [1.54, 1.807) is 27.7 Å². The molecule has 0 radical (unpaired) electrons. The molecule has 1 atom stereocenters. The molecule has 1 unspecified atom stereocenters. The summed E-state index contributed by atoms with van der Waals surface area (Å²) < 4.78 is 0. The molecule has 0 bridgehead atoms. The number of carbonyl (C=O) groups is 3. The van der Waals surface area contributed by atoms with Crippen molar-refractivity contribution in [1.29, 1.82) is 0 Å². The monoisotopic (exact) mass is 460 g/mol. The minimum absolute atomic E-state index is 0.0718. The molecule has 33 heavy (non-hydrogen) atoms. The minimum Gasteiger partial charge on any atom is -0.511 e. The Bertz CT molecular complexity index is 1100. The number of Topliss-reactive ketones (excluding diaryl/α,β-unsaturated/α-hetero) is 3. The van der Waals surface area contributed by atoms with E-state index < -0.39 is 75.4 Å². The molecule has 2 rings (SSSR count). The lowest BCUT2D eigenvalue weighted by Gasteiger charge is -2.32. The number of rotatable bonds is 7. The van der Waals surface area contributed by atoms with E-state index in [1.807, 2.05) is 0 Å². The maximum Gasteiger partial charge on any atom is 0.183 e. The van der Waals surface area contributed by atoms with E-state index in [4.69, 9.17) is 0 Å². The van der Waals surface area contributed by atoms with Crippen LogP contribution < -0.4 is 0 Å². The summed E-state index contributed by atoms with van der Waals surface area (Å²) in [5.74, 6) is -6.09. The van der Waals surface area contributed by atoms with Gasteiger partial charge >= 0.3 is 0 Å². The first-order valence-electron chi connectivity index (χ1n) is 10.9. The van der Waals surface area contributed by atoms with Gasteiger partial charge in [-0.25, -0.2) is 0 Å². The van der Waals surface area contributed by atoms with E-state index in [9.17, 15) is 39.9 Å². The van der Waals surface area contributed by atoms with Gasteiger partial charge in [0.05, 0.1) is 5.41 Å². The van der Waals surface area contributed by atoms with Crippen LogP contribution in [-0.4, -0.2) is 42.9 Å². The van der Waals surface area contributed by atoms with Crippen molar-refractivity contribution in [2.45, 2.75) is 61.3 Å². The second-order valence-corrected chi connectivity index (χ2v) is 9.40. The van der Waals surface area contributed by atoms with Crippen LogP contribution in [0, 0.1) is 24.2 Å². The summed E-state index contributed by atoms with van der Waals surface area (Å²) >= 11 is 0. The fourth-order valence-corrected chi connectivity index (χ4v) is 3.76. The standard InChI is InChI=1S/C25H32O8/c1-8-11(4)18(27)16-22(31)14(23(32)25(6,7)24(16)33)9-13-19(28)12(5)20(29)15(21(13)30)17(26)10(2)3/h10-11,28-32H,8-9H2,1-7H3. The maximum atomic E-state index is 13.0. The molecule has 0 amide bonds. The number of phenols is 3. The second kappa shape index (κ2) is 8.92. The van der Waals surface area contributed by atoms with Crippen molar-refractivity contribution >= 4 is 17.3 Å². The summed E-state index contributed by atoms with van der Waals surface area (Å²) in [7, 11) is 0. The van der Waals surface area contributed by atoms with Gasteiger partial charge in [0.25, 0.3) is 0 Å². The third-order valence-corrected chi connectivity index (χ3v) is 6.38. The van der Waals surface area contributed by atoms with Gasteiger partial charge < -0.3 is 25.5 Å². The summed E-state index contributed by atoms with van der Waals surface area (Å²) in [6.07, 6.45) is -0.0728. The lowest BCUT2D eigenvalue weighted by Crippen LogP contribution is -2.38. The molecular formula is C25H32O8. The van der Waals surface area contributed by atoms with Crippen molar-refractivity contribution in [3.05, 3.63) is 39.4 Å². The summed E-state index contributed by atoms with van der Waals surface area (Å²) in [5, 5.41) is 53.5. The number of aliphatic hydroxyl groups is 2. The Morgan fingerprint density at radius 1 is 0.909 bits per heavy atom. The molecule has 0 saturated heterocycles. The van der Waals surface area contributed by atoms with E-state index >= 15 is 0 Å². The van der Waals surface area contributed by atoms with Crippen molar-refractivity contribution in [3.63, 3.8) is 0 Å². The molecule has 0 heterocycles. The predicted octanol–water partition coefficient (Wildman–Crippen LogP) is 4.34. The van der Waals surface area contributed by atoms with Crippen molar-refractivity contribution in [2.24, 2.45) is 17.3 Å². The Hall–Kier alpha value is -3.29. The number of ketones is 3. The van der Waals surface area contributed by atoms with Gasteiger partial charge in [-0.2, -0.15) is 0 Å². The first kappa shape index (κ1) is 26.0. The van der Waals surface area contributed by atoms with Gasteiger partial charge in [0.2, 0.25) is 0 Å². The van der Waals surface area contributed by atoms with Gasteiger partial charge in [-0.1, -0.05) is 27.7 Å². The molecule has 1 aromatic rings. The Morgan fingerprint density at radius 3 is 1.94 bits per heavy atom. The third kappa shape index (κ3) is 4.10. The zero-order chi connectivity index (χ0) is 25.6. The van der Waals surface area contributed by atoms with E-state index in [1.165, 1.54) is 20.8 Å². The number of hydrogen-bond donors (Lipinski definition) is 5. The van der Waals surface area contributed by atoms with Crippen molar-refractivity contribution in [1.82, 2.24) is 0 Å². The second-order valence-electron chi connectivity index (χ2n) is 9.40. The molecule has 0 aliphatic heterocycles. The van der Waals surface area contributed by atoms with Gasteiger partial charge in [-0.05, 0) is 27.2 Å². The van der Waals surface area contributed by atoms with Gasteiger partial charge in [0.1, 0.15) is 39.9 Å². The quantitative estimate of drug-likeness (QED) is 0.297. The maximum absolute atomic E-state index is 13.0. The first-order valence-corrected chi connectivity index (χ1v) is 10.9. The molecule has 8 heteroatoms. The first-order chi connectivity index (χ1) is 15.1. The van der Waals surface area contributed by atoms with E-state index in [0.717, 1.165) is 0 Å². The number of benzene rings is 1. The SMILES string of the molecule is CCC(C)C(=O)C1=C(O)C(Cc2c(O)c(C)c(O)c(C(=O)C(C)C)c2O)=C(O)C(C)(C)C1=O. The number of aromatic hydroxyl groups is 3. The van der Waals surface area contributed by atoms with E-state index in [0.29, 0.717) is 6.42 Å². The van der Waals surface area contributed by atoms with Crippen LogP contribution in [0.3, 0.4) is 0 Å². The zero-order valence-corrected chi connectivity index (χ0v) is 20.0. The lowest BCUT2D eigenvalue weighted by atomic mass is 9.72. The molecule has 0 fully saturated rings. The number of allylic oxidation sites excluding steroid dienone is 3. The van der Waals surface area contributed by atoms with Crippen LogP contribution in [-0.2, 0) is 16.0 Å². The molecule has 0 aromatic heterocycles. The highest BCUT2D eigenvalue weighted by atomic mass is 16.3. The minimum atomic E-state index is -1.55. The Balaban J connectivity index is 2.81. The largest absolute Gasteiger partial charge is 0.511 e. The topological polar surface area (TPSA) is 152 Å². The Morgan fingerprint density at radius 2 is 1.45 bits per heavy atom. The zero-order valence-electron chi connectivity index (χ0n) is 20.0. The van der Waals surface area contributed by atoms with Gasteiger partial charge in [0.15, 0.2) is 17.3 Å². The smallest absolute Gasteiger partial charge is 0.183 e. The number of hydrogen-bond acceptors (Lipinski definition) is 8. The lowest BCUT2D eigenvalue weighted by molar-refractivity contribution is -0.128. The van der Waals surface area contributed by atoms with Crippen molar-refractivity contribution < 1.29 is 39.9 Å². The highest BCUT2D eigenvalue weighted by molar-refractivity contribution is 6.24. The van der Waals surface area contributed by atoms with Gasteiger partial charge in [-0.15, -0.1) is 0 Å². The number of carbonyl (C=O) groups excluding carboxylic acids is 3. The van der Waals surface area contributed by atoms with Crippen LogP contribution in [0.2, 0.25) is 0 Å². The van der Waals surface area contributed by atoms with Crippen LogP contribution in [0.5, 0.6) is 17.2 Å². The summed E-state index contributed by atoms with van der Waals surface area (Å²) in [6, 6.07) is 0. The number of aliphatic hydroxyl groups excluding tert-OH is 2. The summed E-state index contributed by atoms with van der Waals surface area (Å²) in [5.41, 5.74) is -2.92. The van der Waals surface area contributed by atoms with Crippen LogP contribution in [0.15, 0.2) is 22.7 Å². The molecular weight excluding hydrogens is 428 g/mol. The molecule has 1 aliphatic carbocycles. The molecule has 1 aliphatic rings. The number of phenolic OH excluding ortho intramolecular Hbond substituents is 3. The Kier molecular flexibility index (Phi) is 7.02. The van der Waals surface area contributed by atoms with Gasteiger partial charge in [0, 0.05) is 35.0 Å². The van der Waals surface area contributed by atoms with Crippen LogP contribution in [0.1, 0.15) is 69.4 Å². The highest BCUT2D eigenvalue weighted by Crippen LogP contribution is 2.46. The molecule has 5 N–H and O–H groups in total. The van der Waals surface area contributed by atoms with Crippen molar-refractivity contribution in [3.8, 4) is 17.2 Å². The van der Waals surface area contributed by atoms with Crippen molar-refractivity contribution in [2.75, 3.05) is 0 Å². The normalized spacial score (nSPS) is 17.0. The predicted molar refractivity (Wildman–Crippen MR) is 122 cm³/mol. The summed E-state index contributed by atoms with van der Waals surface area (Å²) in [4.78, 5) is 38.5. The fourth-order valence-electron chi connectivity index (χ4n) is 3.76. The van der Waals surface area contributed by atoms with E-state index in [2.05, 4.69) is 0 Å². The molecule has 8 nitrogen and oxygen atoms in total. The third-order valence-electron chi connectivity index (χ3n) is 6.38. The molecule has 0 saturated carbocycles. The molecule has 0 spiro atoms. The molecule has 180 valence electrons. The molecule has 1 aromatic carbocycles. The average molecular weight is 461 g/mol.